The average Bonchev–Trinajstić information content (AvgIpc) is 2.47. The molecule has 21 heavy (non-hydrogen) atoms. The number of hydrogen-bond donors (Lipinski definition) is 3. The highest BCUT2D eigenvalue weighted by Crippen LogP contribution is 2.42. The van der Waals surface area contributed by atoms with Crippen LogP contribution in [-0.4, -0.2) is 24.8 Å². The van der Waals surface area contributed by atoms with Gasteiger partial charge in [-0.25, -0.2) is 4.79 Å². The summed E-state index contributed by atoms with van der Waals surface area (Å²) in [5.41, 5.74) is 7.33. The number of carbonyl (C=O) groups is 1. The van der Waals surface area contributed by atoms with Gasteiger partial charge >= 0.3 is 6.03 Å². The van der Waals surface area contributed by atoms with Gasteiger partial charge in [-0.05, 0) is 31.0 Å². The molecule has 2 amide bonds. The van der Waals surface area contributed by atoms with Crippen molar-refractivity contribution in [1.82, 2.24) is 5.32 Å². The fourth-order valence-corrected chi connectivity index (χ4v) is 2.66. The third-order valence-electron chi connectivity index (χ3n) is 4.30. The Morgan fingerprint density at radius 2 is 2.05 bits per heavy atom. The molecule has 1 saturated carbocycles. The molecule has 1 aliphatic rings. The number of nitrogens with one attached hydrogen (secondary N) is 2. The molecule has 0 aliphatic heterocycles. The first-order chi connectivity index (χ1) is 9.97. The van der Waals surface area contributed by atoms with E-state index >= 15 is 0 Å². The second kappa shape index (κ2) is 6.45. The second-order valence-electron chi connectivity index (χ2n) is 6.05. The number of nitrogens with two attached hydrogens (primary N) is 1. The molecule has 0 aromatic heterocycles. The van der Waals surface area contributed by atoms with Crippen molar-refractivity contribution >= 4 is 11.7 Å². The second-order valence-corrected chi connectivity index (χ2v) is 6.05. The van der Waals surface area contributed by atoms with Crippen molar-refractivity contribution in [3.8, 4) is 0 Å². The molecule has 0 heterocycles. The van der Waals surface area contributed by atoms with Gasteiger partial charge in [0, 0.05) is 30.3 Å². The van der Waals surface area contributed by atoms with Gasteiger partial charge in [0.15, 0.2) is 0 Å². The van der Waals surface area contributed by atoms with E-state index in [4.69, 9.17) is 10.5 Å². The van der Waals surface area contributed by atoms with Crippen LogP contribution in [0.3, 0.4) is 0 Å². The van der Waals surface area contributed by atoms with Gasteiger partial charge in [-0.2, -0.15) is 0 Å². The molecular weight excluding hydrogens is 266 g/mol. The van der Waals surface area contributed by atoms with Crippen LogP contribution in [-0.2, 0) is 11.3 Å². The summed E-state index contributed by atoms with van der Waals surface area (Å²) in [4.78, 5) is 12.0. The van der Waals surface area contributed by atoms with Gasteiger partial charge in [0.05, 0.1) is 6.10 Å². The van der Waals surface area contributed by atoms with Crippen LogP contribution in [0.4, 0.5) is 10.5 Å². The van der Waals surface area contributed by atoms with Crippen LogP contribution in [0.2, 0.25) is 0 Å². The van der Waals surface area contributed by atoms with Crippen LogP contribution in [0.1, 0.15) is 32.8 Å². The fraction of sp³-hybridized carbons (Fsp3) is 0.562. The highest BCUT2D eigenvalue weighted by molar-refractivity contribution is 5.89. The van der Waals surface area contributed by atoms with Gasteiger partial charge in [-0.15, -0.1) is 0 Å². The van der Waals surface area contributed by atoms with Crippen molar-refractivity contribution < 1.29 is 9.53 Å². The predicted molar refractivity (Wildman–Crippen MR) is 84.1 cm³/mol. The van der Waals surface area contributed by atoms with Crippen molar-refractivity contribution in [3.05, 3.63) is 29.8 Å². The number of anilines is 1. The van der Waals surface area contributed by atoms with E-state index in [1.807, 2.05) is 31.2 Å². The van der Waals surface area contributed by atoms with E-state index in [2.05, 4.69) is 24.5 Å². The largest absolute Gasteiger partial charge is 0.378 e. The first-order valence-corrected chi connectivity index (χ1v) is 7.45. The maximum absolute atomic E-state index is 12.0. The quantitative estimate of drug-likeness (QED) is 0.780. The molecule has 2 unspecified atom stereocenters. The number of ether oxygens (including phenoxy) is 1. The zero-order valence-electron chi connectivity index (χ0n) is 13.0. The van der Waals surface area contributed by atoms with Crippen LogP contribution < -0.4 is 16.4 Å². The number of amides is 2. The molecule has 0 bridgehead atoms. The average molecular weight is 291 g/mol. The van der Waals surface area contributed by atoms with E-state index in [0.29, 0.717) is 13.2 Å². The first kappa shape index (κ1) is 15.8. The molecule has 1 aromatic carbocycles. The van der Waals surface area contributed by atoms with Crippen LogP contribution >= 0.6 is 0 Å². The Bertz CT molecular complexity index is 485. The van der Waals surface area contributed by atoms with Crippen molar-refractivity contribution in [2.75, 3.05) is 11.9 Å². The van der Waals surface area contributed by atoms with Gasteiger partial charge in [0.2, 0.25) is 0 Å². The standard InChI is InChI=1S/C16H25N3O2/c1-4-21-14-9-13(16(14,2)3)19-15(20)18-12-7-5-11(10-17)6-8-12/h5-8,13-14H,4,9-10,17H2,1-3H3,(H2,18,19,20). The zero-order chi connectivity index (χ0) is 15.5. The minimum atomic E-state index is -0.177. The minimum absolute atomic E-state index is 0.0310. The Balaban J connectivity index is 1.85. The summed E-state index contributed by atoms with van der Waals surface area (Å²) < 4.78 is 5.67. The summed E-state index contributed by atoms with van der Waals surface area (Å²) in [5.74, 6) is 0. The van der Waals surface area contributed by atoms with Crippen molar-refractivity contribution in [2.24, 2.45) is 11.1 Å². The lowest BCUT2D eigenvalue weighted by Gasteiger charge is -2.51. The minimum Gasteiger partial charge on any atom is -0.378 e. The van der Waals surface area contributed by atoms with Gasteiger partial charge < -0.3 is 21.1 Å². The molecule has 4 N–H and O–H groups in total. The highest BCUT2D eigenvalue weighted by atomic mass is 16.5. The summed E-state index contributed by atoms with van der Waals surface area (Å²) in [6.45, 7) is 7.45. The van der Waals surface area contributed by atoms with E-state index < -0.39 is 0 Å². The molecule has 116 valence electrons. The fourth-order valence-electron chi connectivity index (χ4n) is 2.66. The van der Waals surface area contributed by atoms with Gasteiger partial charge in [-0.1, -0.05) is 26.0 Å². The van der Waals surface area contributed by atoms with E-state index in [1.165, 1.54) is 0 Å². The molecule has 5 heteroatoms. The van der Waals surface area contributed by atoms with Crippen LogP contribution in [0.15, 0.2) is 24.3 Å². The van der Waals surface area contributed by atoms with Crippen LogP contribution in [0, 0.1) is 5.41 Å². The number of urea groups is 1. The van der Waals surface area contributed by atoms with E-state index in [0.717, 1.165) is 17.7 Å². The molecule has 5 nitrogen and oxygen atoms in total. The third-order valence-corrected chi connectivity index (χ3v) is 4.30. The van der Waals surface area contributed by atoms with Crippen molar-refractivity contribution in [2.45, 2.75) is 45.9 Å². The zero-order valence-corrected chi connectivity index (χ0v) is 13.0. The Morgan fingerprint density at radius 1 is 1.38 bits per heavy atom. The number of benzene rings is 1. The molecule has 2 rings (SSSR count). The number of carbonyl (C=O) groups excluding carboxylic acids is 1. The van der Waals surface area contributed by atoms with E-state index in [1.54, 1.807) is 0 Å². The normalized spacial score (nSPS) is 23.2. The van der Waals surface area contributed by atoms with E-state index in [-0.39, 0.29) is 23.6 Å². The lowest BCUT2D eigenvalue weighted by atomic mass is 9.64. The maximum atomic E-state index is 12.0. The lowest BCUT2D eigenvalue weighted by Crippen LogP contribution is -2.62. The smallest absolute Gasteiger partial charge is 0.319 e. The monoisotopic (exact) mass is 291 g/mol. The van der Waals surface area contributed by atoms with Gasteiger partial charge in [-0.3, -0.25) is 0 Å². The molecule has 1 aromatic rings. The summed E-state index contributed by atoms with van der Waals surface area (Å²) in [7, 11) is 0. The SMILES string of the molecule is CCOC1CC(NC(=O)Nc2ccc(CN)cc2)C1(C)C. The molecule has 1 aliphatic carbocycles. The maximum Gasteiger partial charge on any atom is 0.319 e. The molecular formula is C16H25N3O2. The Hall–Kier alpha value is -1.59. The van der Waals surface area contributed by atoms with Gasteiger partial charge in [0.1, 0.15) is 0 Å². The molecule has 1 fully saturated rings. The highest BCUT2D eigenvalue weighted by Gasteiger charge is 2.49. The summed E-state index contributed by atoms with van der Waals surface area (Å²) in [6, 6.07) is 7.50. The first-order valence-electron chi connectivity index (χ1n) is 7.45. The topological polar surface area (TPSA) is 76.4 Å². The van der Waals surface area contributed by atoms with Crippen molar-refractivity contribution in [1.29, 1.82) is 0 Å². The van der Waals surface area contributed by atoms with Crippen molar-refractivity contribution in [3.63, 3.8) is 0 Å². The molecule has 0 spiro atoms. The van der Waals surface area contributed by atoms with Crippen LogP contribution in [0.25, 0.3) is 0 Å². The predicted octanol–water partition coefficient (Wildman–Crippen LogP) is 2.47. The molecule has 0 saturated heterocycles. The Kier molecular flexibility index (Phi) is 4.85. The summed E-state index contributed by atoms with van der Waals surface area (Å²) >= 11 is 0. The van der Waals surface area contributed by atoms with E-state index in [9.17, 15) is 4.79 Å². The number of rotatable bonds is 5. The Morgan fingerprint density at radius 3 is 2.57 bits per heavy atom. The van der Waals surface area contributed by atoms with Gasteiger partial charge in [0.25, 0.3) is 0 Å². The van der Waals surface area contributed by atoms with Crippen LogP contribution in [0.5, 0.6) is 0 Å². The lowest BCUT2D eigenvalue weighted by molar-refractivity contribution is -0.110. The summed E-state index contributed by atoms with van der Waals surface area (Å²) in [5, 5.41) is 5.86. The summed E-state index contributed by atoms with van der Waals surface area (Å²) in [6.07, 6.45) is 1.08. The molecule has 0 radical (unpaired) electrons. The molecule has 2 atom stereocenters. The third kappa shape index (κ3) is 3.54. The Labute approximate surface area is 126 Å². The number of hydrogen-bond acceptors (Lipinski definition) is 3.